The number of carboxylic acids is 1. The molecule has 1 aromatic rings. The Morgan fingerprint density at radius 3 is 3.05 bits per heavy atom. The number of rotatable bonds is 5. The number of carboxylic acid groups (broad SMARTS) is 1. The molecule has 0 aromatic carbocycles. The molecule has 0 aliphatic carbocycles. The Morgan fingerprint density at radius 2 is 2.35 bits per heavy atom. The molecular weight excluding hydrogens is 260 g/mol. The molecule has 1 unspecified atom stereocenters. The van der Waals surface area contributed by atoms with Gasteiger partial charge < -0.3 is 20.3 Å². The molecule has 1 atom stereocenters. The lowest BCUT2D eigenvalue weighted by Crippen LogP contribution is -2.52. The summed E-state index contributed by atoms with van der Waals surface area (Å²) in [5, 5.41) is 11.9. The van der Waals surface area contributed by atoms with Crippen LogP contribution in [0.3, 0.4) is 0 Å². The smallest absolute Gasteiger partial charge is 0.326 e. The van der Waals surface area contributed by atoms with Crippen LogP contribution < -0.4 is 5.32 Å². The van der Waals surface area contributed by atoms with E-state index < -0.39 is 12.0 Å². The zero-order valence-electron chi connectivity index (χ0n) is 11.3. The summed E-state index contributed by atoms with van der Waals surface area (Å²) in [5.41, 5.74) is 0. The second-order valence-corrected chi connectivity index (χ2v) is 4.91. The summed E-state index contributed by atoms with van der Waals surface area (Å²) < 4.78 is 0. The zero-order valence-corrected chi connectivity index (χ0v) is 11.3. The number of amides is 2. The van der Waals surface area contributed by atoms with Gasteiger partial charge in [0.25, 0.3) is 0 Å². The number of carbonyl (C=O) groups excluding carboxylic acids is 1. The van der Waals surface area contributed by atoms with E-state index in [0.717, 1.165) is 31.5 Å². The molecule has 1 aromatic heterocycles. The Kier molecular flexibility index (Phi) is 4.97. The molecule has 7 nitrogen and oxygen atoms in total. The largest absolute Gasteiger partial charge is 0.480 e. The highest BCUT2D eigenvalue weighted by atomic mass is 16.4. The van der Waals surface area contributed by atoms with Crippen LogP contribution in [0.5, 0.6) is 0 Å². The number of carbonyl (C=O) groups is 2. The highest BCUT2D eigenvalue weighted by Crippen LogP contribution is 2.17. The van der Waals surface area contributed by atoms with E-state index >= 15 is 0 Å². The first-order valence-corrected chi connectivity index (χ1v) is 6.94. The van der Waals surface area contributed by atoms with Crippen molar-refractivity contribution in [1.29, 1.82) is 0 Å². The van der Waals surface area contributed by atoms with E-state index in [2.05, 4.69) is 15.3 Å². The SMILES string of the molecule is O=C(O)C1CCCCN1C(=O)NCCCc1ncc[nH]1. The third kappa shape index (κ3) is 3.72. The van der Waals surface area contributed by atoms with Crippen LogP contribution in [0.25, 0.3) is 0 Å². The van der Waals surface area contributed by atoms with E-state index in [-0.39, 0.29) is 6.03 Å². The molecule has 2 heterocycles. The van der Waals surface area contributed by atoms with Gasteiger partial charge in [-0.15, -0.1) is 0 Å². The van der Waals surface area contributed by atoms with Crippen molar-refractivity contribution in [3.63, 3.8) is 0 Å². The first-order valence-electron chi connectivity index (χ1n) is 6.94. The molecule has 1 aliphatic heterocycles. The van der Waals surface area contributed by atoms with Crippen LogP contribution in [0.15, 0.2) is 12.4 Å². The van der Waals surface area contributed by atoms with E-state index in [1.165, 1.54) is 4.90 Å². The van der Waals surface area contributed by atoms with Crippen LogP contribution in [-0.4, -0.2) is 51.1 Å². The van der Waals surface area contributed by atoms with Crippen LogP contribution in [0, 0.1) is 0 Å². The Bertz CT molecular complexity index is 446. The molecule has 3 N–H and O–H groups in total. The summed E-state index contributed by atoms with van der Waals surface area (Å²) in [6.07, 6.45) is 7.25. The third-order valence-electron chi connectivity index (χ3n) is 3.47. The number of urea groups is 1. The summed E-state index contributed by atoms with van der Waals surface area (Å²) in [6, 6.07) is -0.967. The standard InChI is InChI=1S/C13H20N4O3/c18-12(19)10-4-1-2-9-17(10)13(20)16-6-3-5-11-14-7-8-15-11/h7-8,10H,1-6,9H2,(H,14,15)(H,16,20)(H,18,19). The molecule has 0 saturated carbocycles. The minimum absolute atomic E-state index is 0.281. The number of imidazole rings is 1. The summed E-state index contributed by atoms with van der Waals surface area (Å²) in [7, 11) is 0. The number of aliphatic carboxylic acids is 1. The highest BCUT2D eigenvalue weighted by molar-refractivity contribution is 5.82. The van der Waals surface area contributed by atoms with E-state index in [1.54, 1.807) is 12.4 Å². The van der Waals surface area contributed by atoms with Crippen molar-refractivity contribution in [3.05, 3.63) is 18.2 Å². The predicted octanol–water partition coefficient (Wildman–Crippen LogP) is 0.991. The first-order chi connectivity index (χ1) is 9.68. The van der Waals surface area contributed by atoms with Crippen LogP contribution in [0.2, 0.25) is 0 Å². The van der Waals surface area contributed by atoms with Gasteiger partial charge in [-0.05, 0) is 25.7 Å². The fourth-order valence-corrected chi connectivity index (χ4v) is 2.42. The quantitative estimate of drug-likeness (QED) is 0.700. The number of hydrogen-bond donors (Lipinski definition) is 3. The van der Waals surface area contributed by atoms with Gasteiger partial charge in [-0.1, -0.05) is 0 Å². The normalized spacial score (nSPS) is 18.8. The molecule has 1 fully saturated rings. The van der Waals surface area contributed by atoms with Gasteiger partial charge in [0, 0.05) is 31.9 Å². The Morgan fingerprint density at radius 1 is 1.50 bits per heavy atom. The number of aromatic nitrogens is 2. The first kappa shape index (κ1) is 14.4. The van der Waals surface area contributed by atoms with E-state index in [4.69, 9.17) is 5.11 Å². The molecule has 0 spiro atoms. The average Bonchev–Trinajstić information content (AvgIpc) is 2.96. The maximum atomic E-state index is 12.0. The van der Waals surface area contributed by atoms with E-state index in [1.807, 2.05) is 0 Å². The molecule has 2 rings (SSSR count). The lowest BCUT2D eigenvalue weighted by atomic mass is 10.0. The third-order valence-corrected chi connectivity index (χ3v) is 3.47. The molecular formula is C13H20N4O3. The fraction of sp³-hybridized carbons (Fsp3) is 0.615. The number of nitrogens with zero attached hydrogens (tertiary/aromatic N) is 2. The van der Waals surface area contributed by atoms with Gasteiger partial charge in [0.15, 0.2) is 0 Å². The van der Waals surface area contributed by atoms with E-state index in [9.17, 15) is 9.59 Å². The van der Waals surface area contributed by atoms with Gasteiger partial charge in [0.05, 0.1) is 0 Å². The average molecular weight is 280 g/mol. The number of H-pyrrole nitrogens is 1. The van der Waals surface area contributed by atoms with Gasteiger partial charge in [-0.3, -0.25) is 0 Å². The van der Waals surface area contributed by atoms with Crippen molar-refractivity contribution in [1.82, 2.24) is 20.2 Å². The fourth-order valence-electron chi connectivity index (χ4n) is 2.42. The molecule has 2 amide bonds. The van der Waals surface area contributed by atoms with E-state index in [0.29, 0.717) is 19.5 Å². The number of nitrogens with one attached hydrogen (secondary N) is 2. The van der Waals surface area contributed by atoms with Crippen LogP contribution in [0.4, 0.5) is 4.79 Å². The van der Waals surface area contributed by atoms with Crippen LogP contribution >= 0.6 is 0 Å². The zero-order chi connectivity index (χ0) is 14.4. The number of piperidine rings is 1. The minimum atomic E-state index is -0.921. The Hall–Kier alpha value is -2.05. The van der Waals surface area contributed by atoms with Crippen molar-refractivity contribution in [2.24, 2.45) is 0 Å². The second-order valence-electron chi connectivity index (χ2n) is 4.91. The van der Waals surface area contributed by atoms with Crippen LogP contribution in [-0.2, 0) is 11.2 Å². The maximum absolute atomic E-state index is 12.0. The van der Waals surface area contributed by atoms with Gasteiger partial charge in [0.2, 0.25) is 0 Å². The number of likely N-dealkylation sites (tertiary alicyclic amines) is 1. The molecule has 1 aliphatic rings. The van der Waals surface area contributed by atoms with Crippen molar-refractivity contribution >= 4 is 12.0 Å². The molecule has 110 valence electrons. The van der Waals surface area contributed by atoms with Crippen molar-refractivity contribution in [3.8, 4) is 0 Å². The lowest BCUT2D eigenvalue weighted by molar-refractivity contribution is -0.143. The van der Waals surface area contributed by atoms with Crippen molar-refractivity contribution in [2.45, 2.75) is 38.1 Å². The topological polar surface area (TPSA) is 98.3 Å². The number of aryl methyl sites for hydroxylation is 1. The van der Waals surface area contributed by atoms with Crippen molar-refractivity contribution < 1.29 is 14.7 Å². The molecule has 7 heteroatoms. The number of hydrogen-bond acceptors (Lipinski definition) is 3. The monoisotopic (exact) mass is 280 g/mol. The maximum Gasteiger partial charge on any atom is 0.326 e. The minimum Gasteiger partial charge on any atom is -0.480 e. The summed E-state index contributed by atoms with van der Waals surface area (Å²) in [5.74, 6) is -0.0314. The molecule has 0 bridgehead atoms. The van der Waals surface area contributed by atoms with Crippen molar-refractivity contribution in [2.75, 3.05) is 13.1 Å². The Labute approximate surface area is 117 Å². The van der Waals surface area contributed by atoms with Crippen LogP contribution in [0.1, 0.15) is 31.5 Å². The predicted molar refractivity (Wildman–Crippen MR) is 72.3 cm³/mol. The lowest BCUT2D eigenvalue weighted by Gasteiger charge is -2.32. The molecule has 0 radical (unpaired) electrons. The van der Waals surface area contributed by atoms with Gasteiger partial charge in [0.1, 0.15) is 11.9 Å². The summed E-state index contributed by atoms with van der Waals surface area (Å²) in [4.78, 5) is 31.7. The molecule has 1 saturated heterocycles. The van der Waals surface area contributed by atoms with Gasteiger partial charge in [-0.2, -0.15) is 0 Å². The van der Waals surface area contributed by atoms with Gasteiger partial charge in [-0.25, -0.2) is 14.6 Å². The summed E-state index contributed by atoms with van der Waals surface area (Å²) >= 11 is 0. The van der Waals surface area contributed by atoms with Gasteiger partial charge >= 0.3 is 12.0 Å². The Balaban J connectivity index is 1.74. The number of aromatic amines is 1. The second kappa shape index (κ2) is 6.93. The summed E-state index contributed by atoms with van der Waals surface area (Å²) in [6.45, 7) is 1.03. The highest BCUT2D eigenvalue weighted by Gasteiger charge is 2.31. The molecule has 20 heavy (non-hydrogen) atoms.